The van der Waals surface area contributed by atoms with Gasteiger partial charge in [-0.2, -0.15) is 0 Å². The van der Waals surface area contributed by atoms with E-state index in [1.165, 1.54) is 60.2 Å². The van der Waals surface area contributed by atoms with Crippen LogP contribution in [0.15, 0.2) is 72.8 Å². The Bertz CT molecular complexity index is 1260. The topological polar surface area (TPSA) is 23.6 Å². The number of rotatable bonds is 7. The second kappa shape index (κ2) is 9.76. The number of piperidine rings is 1. The predicted octanol–water partition coefficient (Wildman–Crippen LogP) is 6.60. The Balaban J connectivity index is 1.13. The summed E-state index contributed by atoms with van der Waals surface area (Å²) in [4.78, 5) is 18.1. The van der Waals surface area contributed by atoms with E-state index in [0.29, 0.717) is 18.5 Å². The predicted molar refractivity (Wildman–Crippen MR) is 152 cm³/mol. The van der Waals surface area contributed by atoms with E-state index in [2.05, 4.69) is 85.5 Å². The summed E-state index contributed by atoms with van der Waals surface area (Å²) >= 11 is 0. The van der Waals surface area contributed by atoms with Gasteiger partial charge in [-0.1, -0.05) is 74.5 Å². The molecule has 3 aromatic rings. The van der Waals surface area contributed by atoms with Crippen molar-refractivity contribution >= 4 is 5.91 Å². The molecule has 0 aromatic heterocycles. The first-order chi connectivity index (χ1) is 17.9. The number of likely N-dealkylation sites (tertiary alicyclic amines) is 1. The van der Waals surface area contributed by atoms with Crippen molar-refractivity contribution in [2.24, 2.45) is 11.8 Å². The number of nitrogens with zero attached hydrogens (tertiary/aromatic N) is 2. The number of likely N-dealkylation sites (N-methyl/N-ethyl adjacent to an activating group) is 1. The molecule has 3 atom stereocenters. The molecule has 37 heavy (non-hydrogen) atoms. The maximum atomic E-state index is 13.4. The highest BCUT2D eigenvalue weighted by molar-refractivity contribution is 5.94. The Morgan fingerprint density at radius 2 is 1.73 bits per heavy atom. The fourth-order valence-electron chi connectivity index (χ4n) is 6.81. The Morgan fingerprint density at radius 3 is 2.46 bits per heavy atom. The van der Waals surface area contributed by atoms with Gasteiger partial charge in [-0.3, -0.25) is 9.69 Å². The molecule has 6 rings (SSSR count). The molecule has 3 heteroatoms. The van der Waals surface area contributed by atoms with Gasteiger partial charge >= 0.3 is 0 Å². The van der Waals surface area contributed by atoms with Crippen molar-refractivity contribution in [3.8, 4) is 11.1 Å². The van der Waals surface area contributed by atoms with Gasteiger partial charge in [-0.05, 0) is 95.8 Å². The van der Waals surface area contributed by atoms with E-state index < -0.39 is 0 Å². The molecule has 2 fully saturated rings. The largest absolute Gasteiger partial charge is 0.341 e. The van der Waals surface area contributed by atoms with Crippen LogP contribution < -0.4 is 0 Å². The van der Waals surface area contributed by atoms with Crippen LogP contribution in [0, 0.1) is 11.8 Å². The number of fused-ring (bicyclic) bond motifs is 4. The van der Waals surface area contributed by atoms with Crippen LogP contribution in [0.25, 0.3) is 11.1 Å². The number of carbonyl (C=O) groups excluding carboxylic acids is 1. The van der Waals surface area contributed by atoms with E-state index in [-0.39, 0.29) is 11.3 Å². The highest BCUT2D eigenvalue weighted by atomic mass is 16.2. The first-order valence-electron chi connectivity index (χ1n) is 14.2. The van der Waals surface area contributed by atoms with Crippen LogP contribution in [0.3, 0.4) is 0 Å². The van der Waals surface area contributed by atoms with Gasteiger partial charge in [-0.25, -0.2) is 0 Å². The van der Waals surface area contributed by atoms with Crippen molar-refractivity contribution in [3.63, 3.8) is 0 Å². The van der Waals surface area contributed by atoms with Crippen LogP contribution in [0.2, 0.25) is 0 Å². The molecule has 1 heterocycles. The minimum absolute atomic E-state index is 0.133. The lowest BCUT2D eigenvalue weighted by Gasteiger charge is -2.55. The fraction of sp³-hybridized carbons (Fsp3) is 0.441. The van der Waals surface area contributed by atoms with Gasteiger partial charge in [0, 0.05) is 31.7 Å². The van der Waals surface area contributed by atoms with E-state index in [0.717, 1.165) is 24.3 Å². The summed E-state index contributed by atoms with van der Waals surface area (Å²) in [5, 5.41) is 0. The summed E-state index contributed by atoms with van der Waals surface area (Å²) in [6, 6.07) is 26.4. The minimum Gasteiger partial charge on any atom is -0.341 e. The van der Waals surface area contributed by atoms with Gasteiger partial charge in [0.1, 0.15) is 0 Å². The maximum absolute atomic E-state index is 13.4. The molecule has 2 bridgehead atoms. The van der Waals surface area contributed by atoms with Crippen LogP contribution in [0.1, 0.15) is 60.2 Å². The fourth-order valence-corrected chi connectivity index (χ4v) is 6.81. The normalized spacial score (nSPS) is 24.9. The van der Waals surface area contributed by atoms with E-state index >= 15 is 0 Å². The quantitative estimate of drug-likeness (QED) is 0.371. The van der Waals surface area contributed by atoms with Gasteiger partial charge in [0.15, 0.2) is 0 Å². The molecule has 192 valence electrons. The van der Waals surface area contributed by atoms with E-state index in [4.69, 9.17) is 0 Å². The molecule has 0 spiro atoms. The van der Waals surface area contributed by atoms with Gasteiger partial charge in [-0.15, -0.1) is 0 Å². The molecule has 2 aliphatic carbocycles. The SMILES string of the molecule is C[C@H]1[C@H]2Cc3ccc(C(=O)N(C)CCc4ccc(-c5ccccc5)cc4)cc3[C@@]1(C)CCN2CC1CC1. The molecule has 3 aliphatic rings. The van der Waals surface area contributed by atoms with Crippen molar-refractivity contribution in [1.82, 2.24) is 9.80 Å². The van der Waals surface area contributed by atoms with Gasteiger partial charge in [0.2, 0.25) is 0 Å². The van der Waals surface area contributed by atoms with Gasteiger partial charge in [0.25, 0.3) is 5.91 Å². The second-order valence-corrected chi connectivity index (χ2v) is 12.1. The summed E-state index contributed by atoms with van der Waals surface area (Å²) < 4.78 is 0. The average molecular weight is 493 g/mol. The van der Waals surface area contributed by atoms with Crippen LogP contribution >= 0.6 is 0 Å². The van der Waals surface area contributed by atoms with E-state index in [9.17, 15) is 4.79 Å². The van der Waals surface area contributed by atoms with Crippen LogP contribution in [-0.2, 0) is 18.3 Å². The Morgan fingerprint density at radius 1 is 1.00 bits per heavy atom. The molecule has 1 amide bonds. The molecule has 1 aliphatic heterocycles. The summed E-state index contributed by atoms with van der Waals surface area (Å²) in [5.74, 6) is 1.69. The Hall–Kier alpha value is -2.91. The average Bonchev–Trinajstić information content (AvgIpc) is 3.75. The van der Waals surface area contributed by atoms with Crippen molar-refractivity contribution in [2.75, 3.05) is 26.7 Å². The van der Waals surface area contributed by atoms with Gasteiger partial charge in [0.05, 0.1) is 0 Å². The number of carbonyl (C=O) groups is 1. The van der Waals surface area contributed by atoms with Crippen LogP contribution in [-0.4, -0.2) is 48.4 Å². The van der Waals surface area contributed by atoms with Crippen LogP contribution in [0.5, 0.6) is 0 Å². The molecule has 0 radical (unpaired) electrons. The zero-order valence-electron chi connectivity index (χ0n) is 22.6. The summed E-state index contributed by atoms with van der Waals surface area (Å²) in [7, 11) is 1.94. The Labute approximate surface area is 222 Å². The highest BCUT2D eigenvalue weighted by Crippen LogP contribution is 2.49. The highest BCUT2D eigenvalue weighted by Gasteiger charge is 2.49. The summed E-state index contributed by atoms with van der Waals surface area (Å²) in [6.07, 6.45) is 6.02. The smallest absolute Gasteiger partial charge is 0.253 e. The molecular weight excluding hydrogens is 452 g/mol. The first-order valence-corrected chi connectivity index (χ1v) is 14.2. The third-order valence-corrected chi connectivity index (χ3v) is 9.70. The molecule has 0 N–H and O–H groups in total. The Kier molecular flexibility index (Phi) is 6.44. The molecule has 1 saturated heterocycles. The standard InChI is InChI=1S/C34H40N2O/c1-24-32-22-29-15-16-30(21-31(29)34(24,2)18-20-36(32)23-26-9-10-26)33(37)35(3)19-17-25-11-13-28(14-12-25)27-7-5-4-6-8-27/h4-8,11-16,21,24,26,32H,9-10,17-20,22-23H2,1-3H3/t24-,32+,34-/m0/s1. The molecule has 0 unspecified atom stereocenters. The monoisotopic (exact) mass is 492 g/mol. The maximum Gasteiger partial charge on any atom is 0.253 e. The third kappa shape index (κ3) is 4.75. The first kappa shape index (κ1) is 24.4. The molecular formula is C34H40N2O. The van der Waals surface area contributed by atoms with E-state index in [1.54, 1.807) is 0 Å². The number of hydrogen-bond donors (Lipinski definition) is 0. The summed E-state index contributed by atoms with van der Waals surface area (Å²) in [6.45, 7) is 8.11. The van der Waals surface area contributed by atoms with Gasteiger partial charge < -0.3 is 4.90 Å². The van der Waals surface area contributed by atoms with E-state index in [1.807, 2.05) is 18.0 Å². The molecule has 3 nitrogen and oxygen atoms in total. The lowest BCUT2D eigenvalue weighted by Crippen LogP contribution is -2.58. The van der Waals surface area contributed by atoms with Crippen molar-refractivity contribution in [1.29, 1.82) is 0 Å². The molecule has 3 aromatic carbocycles. The third-order valence-electron chi connectivity index (χ3n) is 9.70. The van der Waals surface area contributed by atoms with Crippen molar-refractivity contribution < 1.29 is 4.79 Å². The lowest BCUT2D eigenvalue weighted by atomic mass is 9.59. The van der Waals surface area contributed by atoms with Crippen molar-refractivity contribution in [2.45, 2.75) is 57.4 Å². The number of amides is 1. The number of hydrogen-bond acceptors (Lipinski definition) is 2. The zero-order valence-corrected chi connectivity index (χ0v) is 22.6. The molecule has 1 saturated carbocycles. The summed E-state index contributed by atoms with van der Waals surface area (Å²) in [5.41, 5.74) is 7.61. The minimum atomic E-state index is 0.133. The van der Waals surface area contributed by atoms with Crippen molar-refractivity contribution in [3.05, 3.63) is 95.1 Å². The van der Waals surface area contributed by atoms with Crippen LogP contribution in [0.4, 0.5) is 0 Å². The number of benzene rings is 3. The lowest BCUT2D eigenvalue weighted by molar-refractivity contribution is 0.0283. The second-order valence-electron chi connectivity index (χ2n) is 12.1. The zero-order chi connectivity index (χ0) is 25.6.